The number of imide groups is 1. The summed E-state index contributed by atoms with van der Waals surface area (Å²) in [7, 11) is 0. The highest BCUT2D eigenvalue weighted by Gasteiger charge is 2.30. The van der Waals surface area contributed by atoms with Crippen LogP contribution in [0.3, 0.4) is 0 Å². The molecule has 0 radical (unpaired) electrons. The van der Waals surface area contributed by atoms with Gasteiger partial charge in [0.05, 0.1) is 0 Å². The number of furan rings is 1. The molecule has 3 aromatic rings. The number of nitrogens with one attached hydrogen (secondary N) is 1. The minimum Gasteiger partial charge on any atom is -0.457 e. The molecule has 1 aliphatic carbocycles. The fourth-order valence-corrected chi connectivity index (χ4v) is 4.00. The van der Waals surface area contributed by atoms with E-state index in [2.05, 4.69) is 5.32 Å². The Morgan fingerprint density at radius 1 is 0.848 bits per heavy atom. The summed E-state index contributed by atoms with van der Waals surface area (Å²) >= 11 is 0. The molecule has 5 rings (SSSR count). The third-order valence-electron chi connectivity index (χ3n) is 5.71. The van der Waals surface area contributed by atoms with E-state index in [4.69, 9.17) is 4.42 Å². The molecule has 1 aliphatic heterocycles. The van der Waals surface area contributed by atoms with Crippen molar-refractivity contribution in [3.8, 4) is 17.4 Å². The zero-order valence-electron chi connectivity index (χ0n) is 17.3. The first-order chi connectivity index (χ1) is 15.9. The molecular weight excluding hydrogens is 420 g/mol. The standard InChI is InChI=1S/C26H14N2O5/c1-13-19(25(31)28-26(32)21(13)12-27)11-15-7-9-22(33-15)14-6-8-18-20(10-14)24(30)17-5-3-2-4-16(17)23(18)29/h2-11H,1H3,(H,28,31,32)/b19-11-. The van der Waals surface area contributed by atoms with Gasteiger partial charge in [0.1, 0.15) is 23.2 Å². The van der Waals surface area contributed by atoms with E-state index in [1.54, 1.807) is 60.7 Å². The molecule has 0 saturated heterocycles. The molecule has 0 spiro atoms. The zero-order chi connectivity index (χ0) is 23.3. The number of ketones is 2. The van der Waals surface area contributed by atoms with Gasteiger partial charge in [0, 0.05) is 33.4 Å². The molecule has 158 valence electrons. The minimum atomic E-state index is -0.730. The van der Waals surface area contributed by atoms with Gasteiger partial charge in [-0.25, -0.2) is 0 Å². The van der Waals surface area contributed by atoms with Gasteiger partial charge in [0.15, 0.2) is 11.6 Å². The van der Waals surface area contributed by atoms with Gasteiger partial charge in [-0.15, -0.1) is 0 Å². The van der Waals surface area contributed by atoms with Crippen molar-refractivity contribution >= 4 is 29.5 Å². The van der Waals surface area contributed by atoms with Crippen LogP contribution in [0.25, 0.3) is 17.4 Å². The predicted molar refractivity (Wildman–Crippen MR) is 117 cm³/mol. The van der Waals surface area contributed by atoms with Crippen molar-refractivity contribution in [1.29, 1.82) is 5.26 Å². The number of carbonyl (C=O) groups excluding carboxylic acids is 4. The lowest BCUT2D eigenvalue weighted by molar-refractivity contribution is -0.126. The maximum absolute atomic E-state index is 13.0. The van der Waals surface area contributed by atoms with Crippen LogP contribution in [0.2, 0.25) is 0 Å². The highest BCUT2D eigenvalue weighted by molar-refractivity contribution is 6.28. The lowest BCUT2D eigenvalue weighted by atomic mass is 9.83. The highest BCUT2D eigenvalue weighted by Crippen LogP contribution is 2.32. The second-order valence-corrected chi connectivity index (χ2v) is 7.62. The van der Waals surface area contributed by atoms with Crippen LogP contribution in [0.1, 0.15) is 44.5 Å². The number of nitriles is 1. The van der Waals surface area contributed by atoms with Gasteiger partial charge < -0.3 is 4.42 Å². The van der Waals surface area contributed by atoms with Crippen molar-refractivity contribution in [3.63, 3.8) is 0 Å². The number of amides is 2. The lowest BCUT2D eigenvalue weighted by Gasteiger charge is -2.17. The maximum Gasteiger partial charge on any atom is 0.269 e. The number of hydrogen-bond donors (Lipinski definition) is 1. The zero-order valence-corrected chi connectivity index (χ0v) is 17.3. The number of rotatable bonds is 2. The van der Waals surface area contributed by atoms with E-state index < -0.39 is 11.8 Å². The first kappa shape index (κ1) is 20.1. The van der Waals surface area contributed by atoms with Gasteiger partial charge in [-0.2, -0.15) is 5.26 Å². The Kier molecular flexibility index (Phi) is 4.50. The summed E-state index contributed by atoms with van der Waals surface area (Å²) in [6, 6.07) is 16.7. The minimum absolute atomic E-state index is 0.134. The van der Waals surface area contributed by atoms with Crippen molar-refractivity contribution in [2.24, 2.45) is 0 Å². The van der Waals surface area contributed by atoms with Crippen LogP contribution in [0, 0.1) is 11.3 Å². The van der Waals surface area contributed by atoms with Crippen molar-refractivity contribution in [3.05, 3.63) is 99.3 Å². The van der Waals surface area contributed by atoms with Gasteiger partial charge in [-0.3, -0.25) is 24.5 Å². The summed E-state index contributed by atoms with van der Waals surface area (Å²) < 4.78 is 5.84. The van der Waals surface area contributed by atoms with Crippen LogP contribution < -0.4 is 5.32 Å². The predicted octanol–water partition coefficient (Wildman–Crippen LogP) is 3.60. The molecule has 2 aliphatic rings. The molecule has 2 amide bonds. The fraction of sp³-hybridized carbons (Fsp3) is 0.0385. The van der Waals surface area contributed by atoms with E-state index in [-0.39, 0.29) is 28.3 Å². The SMILES string of the molecule is CC1=C(C#N)C(=O)NC(=O)/C1=C\c1ccc(-c2ccc3c(c2)C(=O)c2ccccc2C3=O)o1. The number of benzene rings is 2. The first-order valence-corrected chi connectivity index (χ1v) is 10.0. The molecule has 0 unspecified atom stereocenters. The van der Waals surface area contributed by atoms with E-state index in [1.807, 2.05) is 0 Å². The van der Waals surface area contributed by atoms with E-state index in [0.717, 1.165) is 0 Å². The van der Waals surface area contributed by atoms with Crippen LogP contribution in [0.4, 0.5) is 0 Å². The summed E-state index contributed by atoms with van der Waals surface area (Å²) in [4.78, 5) is 49.8. The van der Waals surface area contributed by atoms with Crippen LogP contribution in [-0.2, 0) is 9.59 Å². The maximum atomic E-state index is 13.0. The van der Waals surface area contributed by atoms with Crippen molar-refractivity contribution in [2.45, 2.75) is 6.92 Å². The Morgan fingerprint density at radius 3 is 2.21 bits per heavy atom. The molecule has 33 heavy (non-hydrogen) atoms. The topological polar surface area (TPSA) is 117 Å². The largest absolute Gasteiger partial charge is 0.457 e. The molecule has 2 aromatic carbocycles. The quantitative estimate of drug-likeness (QED) is 0.381. The summed E-state index contributed by atoms with van der Waals surface area (Å²) in [6.07, 6.45) is 1.45. The van der Waals surface area contributed by atoms with Gasteiger partial charge >= 0.3 is 0 Å². The molecule has 0 atom stereocenters. The van der Waals surface area contributed by atoms with E-state index in [9.17, 15) is 24.4 Å². The van der Waals surface area contributed by atoms with Gasteiger partial charge in [-0.05, 0) is 42.8 Å². The Balaban J connectivity index is 1.53. The number of carbonyl (C=O) groups is 4. The molecule has 7 heteroatoms. The molecule has 1 aromatic heterocycles. The third kappa shape index (κ3) is 3.13. The number of hydrogen-bond acceptors (Lipinski definition) is 6. The lowest BCUT2D eigenvalue weighted by Crippen LogP contribution is -2.37. The second kappa shape index (κ2) is 7.39. The Hall–Kier alpha value is -4.83. The smallest absolute Gasteiger partial charge is 0.269 e. The van der Waals surface area contributed by atoms with Crippen molar-refractivity contribution in [1.82, 2.24) is 5.32 Å². The molecule has 0 fully saturated rings. The summed E-state index contributed by atoms with van der Waals surface area (Å²) in [5.74, 6) is -1.03. The summed E-state index contributed by atoms with van der Waals surface area (Å²) in [5.41, 5.74) is 2.26. The Labute approximate surface area is 187 Å². The van der Waals surface area contributed by atoms with Crippen LogP contribution in [0.5, 0.6) is 0 Å². The second-order valence-electron chi connectivity index (χ2n) is 7.62. The Bertz CT molecular complexity index is 1530. The van der Waals surface area contributed by atoms with Crippen molar-refractivity contribution < 1.29 is 23.6 Å². The average molecular weight is 434 g/mol. The van der Waals surface area contributed by atoms with Crippen LogP contribution in [0.15, 0.2) is 75.7 Å². The summed E-state index contributed by atoms with van der Waals surface area (Å²) in [5, 5.41) is 11.3. The van der Waals surface area contributed by atoms with Gasteiger partial charge in [0.2, 0.25) is 0 Å². The number of fused-ring (bicyclic) bond motifs is 2. The molecular formula is C26H14N2O5. The highest BCUT2D eigenvalue weighted by atomic mass is 16.3. The fourth-order valence-electron chi connectivity index (χ4n) is 4.00. The molecule has 0 saturated carbocycles. The summed E-state index contributed by atoms with van der Waals surface area (Å²) in [6.45, 7) is 1.52. The van der Waals surface area contributed by atoms with Gasteiger partial charge in [-0.1, -0.05) is 30.3 Å². The molecule has 7 nitrogen and oxygen atoms in total. The van der Waals surface area contributed by atoms with Gasteiger partial charge in [0.25, 0.3) is 11.8 Å². The average Bonchev–Trinajstić information content (AvgIpc) is 3.29. The van der Waals surface area contributed by atoms with E-state index >= 15 is 0 Å². The normalized spacial score (nSPS) is 16.4. The Morgan fingerprint density at radius 2 is 1.52 bits per heavy atom. The molecule has 2 heterocycles. The van der Waals surface area contributed by atoms with Crippen molar-refractivity contribution in [2.75, 3.05) is 0 Å². The van der Waals surface area contributed by atoms with Crippen LogP contribution in [-0.4, -0.2) is 23.4 Å². The van der Waals surface area contributed by atoms with E-state index in [1.165, 1.54) is 13.0 Å². The van der Waals surface area contributed by atoms with Crippen LogP contribution >= 0.6 is 0 Å². The molecule has 1 N–H and O–H groups in total. The number of nitrogens with zero attached hydrogens (tertiary/aromatic N) is 1. The van der Waals surface area contributed by atoms with E-state index in [0.29, 0.717) is 39.3 Å². The third-order valence-corrected chi connectivity index (χ3v) is 5.71. The monoisotopic (exact) mass is 434 g/mol. The first-order valence-electron chi connectivity index (χ1n) is 10.0. The molecule has 0 bridgehead atoms.